The van der Waals surface area contributed by atoms with E-state index in [0.29, 0.717) is 16.9 Å². The fourth-order valence-electron chi connectivity index (χ4n) is 2.11. The first kappa shape index (κ1) is 15.4. The first-order valence-corrected chi connectivity index (χ1v) is 7.15. The van der Waals surface area contributed by atoms with Crippen molar-refractivity contribution in [1.82, 2.24) is 9.97 Å². The van der Waals surface area contributed by atoms with Gasteiger partial charge in [0.15, 0.2) is 0 Å². The Bertz CT molecular complexity index is 878. The van der Waals surface area contributed by atoms with Gasteiger partial charge in [0.05, 0.1) is 23.7 Å². The summed E-state index contributed by atoms with van der Waals surface area (Å²) in [6, 6.07) is 15.3. The third-order valence-corrected chi connectivity index (χ3v) is 3.33. The van der Waals surface area contributed by atoms with Gasteiger partial charge in [-0.25, -0.2) is 9.78 Å². The minimum Gasteiger partial charge on any atom is -0.478 e. The van der Waals surface area contributed by atoms with E-state index in [2.05, 4.69) is 15.3 Å². The largest absolute Gasteiger partial charge is 0.478 e. The van der Waals surface area contributed by atoms with E-state index in [4.69, 9.17) is 5.11 Å². The zero-order chi connectivity index (χ0) is 16.9. The molecule has 6 heteroatoms. The van der Waals surface area contributed by atoms with Crippen molar-refractivity contribution in [3.8, 4) is 11.3 Å². The van der Waals surface area contributed by atoms with Crippen molar-refractivity contribution in [1.29, 1.82) is 0 Å². The SMILES string of the molecule is O=C(O)c1ccc(-c2cncc(C(=O)Nc3ccccc3)n2)cc1. The number of carboxylic acids is 1. The Morgan fingerprint density at radius 1 is 0.917 bits per heavy atom. The quantitative estimate of drug-likeness (QED) is 0.771. The van der Waals surface area contributed by atoms with E-state index in [-0.39, 0.29) is 17.2 Å². The van der Waals surface area contributed by atoms with Gasteiger partial charge in [-0.15, -0.1) is 0 Å². The minimum atomic E-state index is -0.997. The Labute approximate surface area is 137 Å². The van der Waals surface area contributed by atoms with Crippen LogP contribution in [0.3, 0.4) is 0 Å². The lowest BCUT2D eigenvalue weighted by molar-refractivity contribution is 0.0696. The van der Waals surface area contributed by atoms with Gasteiger partial charge in [-0.05, 0) is 24.3 Å². The molecule has 0 atom stereocenters. The van der Waals surface area contributed by atoms with E-state index < -0.39 is 5.97 Å². The molecule has 3 aromatic rings. The van der Waals surface area contributed by atoms with Crippen molar-refractivity contribution < 1.29 is 14.7 Å². The van der Waals surface area contributed by atoms with Crippen molar-refractivity contribution in [2.75, 3.05) is 5.32 Å². The van der Waals surface area contributed by atoms with E-state index in [1.807, 2.05) is 18.2 Å². The number of nitrogens with one attached hydrogen (secondary N) is 1. The van der Waals surface area contributed by atoms with Gasteiger partial charge in [0.25, 0.3) is 5.91 Å². The van der Waals surface area contributed by atoms with Crippen LogP contribution < -0.4 is 5.32 Å². The van der Waals surface area contributed by atoms with Crippen molar-refractivity contribution >= 4 is 17.6 Å². The first-order chi connectivity index (χ1) is 11.6. The molecule has 0 fully saturated rings. The van der Waals surface area contributed by atoms with Crippen LogP contribution in [0, 0.1) is 0 Å². The number of para-hydroxylation sites is 1. The van der Waals surface area contributed by atoms with Crippen molar-refractivity contribution in [3.05, 3.63) is 78.2 Å². The van der Waals surface area contributed by atoms with Crippen LogP contribution in [0.2, 0.25) is 0 Å². The summed E-state index contributed by atoms with van der Waals surface area (Å²) in [4.78, 5) is 31.5. The van der Waals surface area contributed by atoms with Gasteiger partial charge in [-0.1, -0.05) is 30.3 Å². The molecule has 0 aliphatic rings. The Morgan fingerprint density at radius 3 is 2.29 bits per heavy atom. The van der Waals surface area contributed by atoms with E-state index in [1.165, 1.54) is 24.5 Å². The molecule has 2 aromatic carbocycles. The van der Waals surface area contributed by atoms with Gasteiger partial charge in [0, 0.05) is 11.3 Å². The van der Waals surface area contributed by atoms with Gasteiger partial charge in [-0.2, -0.15) is 0 Å². The highest BCUT2D eigenvalue weighted by atomic mass is 16.4. The third-order valence-electron chi connectivity index (χ3n) is 3.33. The summed E-state index contributed by atoms with van der Waals surface area (Å²) in [6.07, 6.45) is 2.91. The molecule has 1 heterocycles. The summed E-state index contributed by atoms with van der Waals surface area (Å²) in [6.45, 7) is 0. The van der Waals surface area contributed by atoms with Crippen LogP contribution in [0.1, 0.15) is 20.8 Å². The number of carbonyl (C=O) groups is 2. The molecule has 118 valence electrons. The van der Waals surface area contributed by atoms with E-state index in [9.17, 15) is 9.59 Å². The van der Waals surface area contributed by atoms with Crippen molar-refractivity contribution in [3.63, 3.8) is 0 Å². The summed E-state index contributed by atoms with van der Waals surface area (Å²) in [5.74, 6) is -1.36. The highest BCUT2D eigenvalue weighted by Crippen LogP contribution is 2.17. The number of nitrogens with zero attached hydrogens (tertiary/aromatic N) is 2. The molecule has 1 amide bonds. The molecule has 24 heavy (non-hydrogen) atoms. The maximum atomic E-state index is 12.2. The van der Waals surface area contributed by atoms with E-state index in [0.717, 1.165) is 0 Å². The second-order valence-corrected chi connectivity index (χ2v) is 4.99. The van der Waals surface area contributed by atoms with E-state index >= 15 is 0 Å². The summed E-state index contributed by atoms with van der Waals surface area (Å²) < 4.78 is 0. The predicted molar refractivity (Wildman–Crippen MR) is 88.8 cm³/mol. The lowest BCUT2D eigenvalue weighted by Crippen LogP contribution is -2.14. The smallest absolute Gasteiger partial charge is 0.335 e. The maximum absolute atomic E-state index is 12.2. The van der Waals surface area contributed by atoms with Crippen LogP contribution in [0.4, 0.5) is 5.69 Å². The molecular weight excluding hydrogens is 306 g/mol. The molecular formula is C18H13N3O3. The fourth-order valence-corrected chi connectivity index (χ4v) is 2.11. The van der Waals surface area contributed by atoms with Crippen LogP contribution in [0.15, 0.2) is 67.0 Å². The molecule has 0 aliphatic heterocycles. The average Bonchev–Trinajstić information content (AvgIpc) is 2.63. The summed E-state index contributed by atoms with van der Waals surface area (Å²) >= 11 is 0. The lowest BCUT2D eigenvalue weighted by atomic mass is 10.1. The van der Waals surface area contributed by atoms with Crippen molar-refractivity contribution in [2.24, 2.45) is 0 Å². The number of benzene rings is 2. The fraction of sp³-hybridized carbons (Fsp3) is 0. The standard InChI is InChI=1S/C18H13N3O3/c22-17(20-14-4-2-1-3-5-14)16-11-19-10-15(21-16)12-6-8-13(9-7-12)18(23)24/h1-11H,(H,20,22)(H,23,24). The van der Waals surface area contributed by atoms with Crippen molar-refractivity contribution in [2.45, 2.75) is 0 Å². The number of aromatic carboxylic acids is 1. The molecule has 0 bridgehead atoms. The third kappa shape index (κ3) is 3.44. The van der Waals surface area contributed by atoms with Crippen LogP contribution in [0.5, 0.6) is 0 Å². The number of carbonyl (C=O) groups excluding carboxylic acids is 1. The molecule has 0 saturated heterocycles. The lowest BCUT2D eigenvalue weighted by Gasteiger charge is -2.06. The molecule has 0 spiro atoms. The van der Waals surface area contributed by atoms with Crippen LogP contribution >= 0.6 is 0 Å². The molecule has 3 rings (SSSR count). The zero-order valence-electron chi connectivity index (χ0n) is 12.5. The maximum Gasteiger partial charge on any atom is 0.335 e. The number of amides is 1. The molecule has 0 saturated carbocycles. The number of aromatic nitrogens is 2. The number of hydrogen-bond acceptors (Lipinski definition) is 4. The van der Waals surface area contributed by atoms with Gasteiger partial charge in [0.1, 0.15) is 5.69 Å². The summed E-state index contributed by atoms with van der Waals surface area (Å²) in [7, 11) is 0. The molecule has 0 aliphatic carbocycles. The molecule has 6 nitrogen and oxygen atoms in total. The number of anilines is 1. The summed E-state index contributed by atoms with van der Waals surface area (Å²) in [5.41, 5.74) is 2.21. The van der Waals surface area contributed by atoms with E-state index in [1.54, 1.807) is 24.3 Å². The Balaban J connectivity index is 1.83. The number of hydrogen-bond donors (Lipinski definition) is 2. The minimum absolute atomic E-state index is 0.179. The molecule has 1 aromatic heterocycles. The normalized spacial score (nSPS) is 10.2. The number of rotatable bonds is 4. The Hall–Kier alpha value is -3.54. The Kier molecular flexibility index (Phi) is 4.29. The predicted octanol–water partition coefficient (Wildman–Crippen LogP) is 3.09. The topological polar surface area (TPSA) is 92.2 Å². The average molecular weight is 319 g/mol. The highest BCUT2D eigenvalue weighted by Gasteiger charge is 2.11. The van der Waals surface area contributed by atoms with Crippen LogP contribution in [0.25, 0.3) is 11.3 Å². The van der Waals surface area contributed by atoms with Crippen LogP contribution in [-0.4, -0.2) is 27.0 Å². The highest BCUT2D eigenvalue weighted by molar-refractivity contribution is 6.02. The molecule has 2 N–H and O–H groups in total. The van der Waals surface area contributed by atoms with Gasteiger partial charge in [-0.3, -0.25) is 9.78 Å². The second-order valence-electron chi connectivity index (χ2n) is 4.99. The Morgan fingerprint density at radius 2 is 1.62 bits per heavy atom. The molecule has 0 unspecified atom stereocenters. The monoisotopic (exact) mass is 319 g/mol. The van der Waals surface area contributed by atoms with Gasteiger partial charge < -0.3 is 10.4 Å². The zero-order valence-corrected chi connectivity index (χ0v) is 12.5. The second kappa shape index (κ2) is 6.70. The molecule has 0 radical (unpaired) electrons. The van der Waals surface area contributed by atoms with Gasteiger partial charge in [0.2, 0.25) is 0 Å². The summed E-state index contributed by atoms with van der Waals surface area (Å²) in [5, 5.41) is 11.7. The van der Waals surface area contributed by atoms with Gasteiger partial charge >= 0.3 is 5.97 Å². The number of carboxylic acid groups (broad SMARTS) is 1. The van der Waals surface area contributed by atoms with Crippen LogP contribution in [-0.2, 0) is 0 Å². The first-order valence-electron chi connectivity index (χ1n) is 7.15.